The Hall–Kier alpha value is -2.78. The number of rotatable bonds is 5. The van der Waals surface area contributed by atoms with Crippen LogP contribution in [0.4, 0.5) is 18.0 Å². The lowest BCUT2D eigenvalue weighted by Gasteiger charge is -2.32. The van der Waals surface area contributed by atoms with Gasteiger partial charge in [-0.1, -0.05) is 0 Å². The molecule has 0 bridgehead atoms. The van der Waals surface area contributed by atoms with Crippen LogP contribution in [0, 0.1) is 17.5 Å². The third-order valence-electron chi connectivity index (χ3n) is 4.47. The number of nitrogens with one attached hydrogen (secondary N) is 2. The lowest BCUT2D eigenvalue weighted by molar-refractivity contribution is -0.132. The average Bonchev–Trinajstić information content (AvgIpc) is 2.65. The molecule has 0 unspecified atom stereocenters. The number of benzene rings is 1. The van der Waals surface area contributed by atoms with Gasteiger partial charge in [-0.25, -0.2) is 18.0 Å². The van der Waals surface area contributed by atoms with E-state index in [-0.39, 0.29) is 24.9 Å². The van der Waals surface area contributed by atoms with Gasteiger partial charge in [0.2, 0.25) is 5.91 Å². The largest absolute Gasteiger partial charge is 0.444 e. The smallest absolute Gasteiger partial charge is 0.407 e. The summed E-state index contributed by atoms with van der Waals surface area (Å²) in [6.07, 6.45) is 0.377. The SMILES string of the molecule is CC(C)(C)OC(=O)NCCC(=O)N1CCC(NC(=O)c2ccc(F)c(F)c2F)CC1. The third kappa shape index (κ3) is 6.64. The Morgan fingerprint density at radius 2 is 1.73 bits per heavy atom. The van der Waals surface area contributed by atoms with Crippen LogP contribution in [0.15, 0.2) is 12.1 Å². The van der Waals surface area contributed by atoms with Crippen molar-refractivity contribution in [2.75, 3.05) is 19.6 Å². The highest BCUT2D eigenvalue weighted by Gasteiger charge is 2.26. The Kier molecular flexibility index (Phi) is 7.69. The normalized spacial score (nSPS) is 14.9. The van der Waals surface area contributed by atoms with E-state index in [1.165, 1.54) is 0 Å². The summed E-state index contributed by atoms with van der Waals surface area (Å²) in [6, 6.07) is 1.26. The molecular formula is C20H26F3N3O4. The fourth-order valence-electron chi connectivity index (χ4n) is 2.98. The quantitative estimate of drug-likeness (QED) is 0.705. The lowest BCUT2D eigenvalue weighted by Crippen LogP contribution is -2.47. The van der Waals surface area contributed by atoms with Crippen molar-refractivity contribution in [3.05, 3.63) is 35.1 Å². The van der Waals surface area contributed by atoms with Gasteiger partial charge in [0.05, 0.1) is 5.56 Å². The summed E-state index contributed by atoms with van der Waals surface area (Å²) < 4.78 is 45.1. The number of carbonyl (C=O) groups is 3. The molecule has 2 N–H and O–H groups in total. The number of amides is 3. The van der Waals surface area contributed by atoms with Gasteiger partial charge in [-0.3, -0.25) is 9.59 Å². The second kappa shape index (κ2) is 9.82. The Morgan fingerprint density at radius 3 is 2.33 bits per heavy atom. The highest BCUT2D eigenvalue weighted by Crippen LogP contribution is 2.17. The highest BCUT2D eigenvalue weighted by molar-refractivity contribution is 5.94. The van der Waals surface area contributed by atoms with E-state index in [1.807, 2.05) is 0 Å². The molecule has 7 nitrogen and oxygen atoms in total. The molecule has 1 aliphatic heterocycles. The molecule has 10 heteroatoms. The zero-order valence-corrected chi connectivity index (χ0v) is 17.2. The van der Waals surface area contributed by atoms with Gasteiger partial charge in [-0.2, -0.15) is 0 Å². The number of hydrogen-bond donors (Lipinski definition) is 2. The molecule has 1 saturated heterocycles. The van der Waals surface area contributed by atoms with Crippen LogP contribution in [0.3, 0.4) is 0 Å². The maximum Gasteiger partial charge on any atom is 0.407 e. The van der Waals surface area contributed by atoms with Gasteiger partial charge in [-0.15, -0.1) is 0 Å². The first kappa shape index (κ1) is 23.5. The van der Waals surface area contributed by atoms with E-state index in [0.29, 0.717) is 32.0 Å². The van der Waals surface area contributed by atoms with E-state index in [1.54, 1.807) is 25.7 Å². The van der Waals surface area contributed by atoms with Gasteiger partial charge in [0.25, 0.3) is 5.91 Å². The molecule has 0 radical (unpaired) electrons. The summed E-state index contributed by atoms with van der Waals surface area (Å²) >= 11 is 0. The van der Waals surface area contributed by atoms with Crippen LogP contribution in [-0.4, -0.2) is 54.1 Å². The van der Waals surface area contributed by atoms with E-state index in [0.717, 1.165) is 6.07 Å². The van der Waals surface area contributed by atoms with Crippen molar-refractivity contribution in [2.45, 2.75) is 51.7 Å². The van der Waals surface area contributed by atoms with Crippen molar-refractivity contribution < 1.29 is 32.3 Å². The van der Waals surface area contributed by atoms with Gasteiger partial charge >= 0.3 is 6.09 Å². The van der Waals surface area contributed by atoms with Crippen LogP contribution in [0.25, 0.3) is 0 Å². The van der Waals surface area contributed by atoms with Crippen molar-refractivity contribution in [2.24, 2.45) is 0 Å². The van der Waals surface area contributed by atoms with Crippen LogP contribution in [0.5, 0.6) is 0 Å². The molecule has 0 saturated carbocycles. The molecule has 1 heterocycles. The molecule has 0 aliphatic carbocycles. The van der Waals surface area contributed by atoms with E-state index >= 15 is 0 Å². The van der Waals surface area contributed by atoms with E-state index in [2.05, 4.69) is 10.6 Å². The second-order valence-electron chi connectivity index (χ2n) is 8.03. The third-order valence-corrected chi connectivity index (χ3v) is 4.47. The molecule has 1 aromatic carbocycles. The number of ether oxygens (including phenoxy) is 1. The first-order valence-electron chi connectivity index (χ1n) is 9.67. The second-order valence-corrected chi connectivity index (χ2v) is 8.03. The van der Waals surface area contributed by atoms with Gasteiger partial charge in [0.15, 0.2) is 17.5 Å². The van der Waals surface area contributed by atoms with E-state index in [4.69, 9.17) is 4.74 Å². The molecule has 1 aromatic rings. The van der Waals surface area contributed by atoms with Gasteiger partial charge < -0.3 is 20.3 Å². The van der Waals surface area contributed by atoms with Crippen molar-refractivity contribution in [1.29, 1.82) is 0 Å². The minimum Gasteiger partial charge on any atom is -0.444 e. The minimum absolute atomic E-state index is 0.107. The van der Waals surface area contributed by atoms with Crippen LogP contribution in [0.1, 0.15) is 50.4 Å². The zero-order valence-electron chi connectivity index (χ0n) is 17.2. The fourth-order valence-corrected chi connectivity index (χ4v) is 2.98. The number of alkyl carbamates (subject to hydrolysis) is 1. The number of nitrogens with zero attached hydrogens (tertiary/aromatic N) is 1. The predicted molar refractivity (Wildman–Crippen MR) is 102 cm³/mol. The predicted octanol–water partition coefficient (Wildman–Crippen LogP) is 2.74. The first-order chi connectivity index (χ1) is 14.0. The number of halogens is 3. The van der Waals surface area contributed by atoms with Crippen molar-refractivity contribution in [3.63, 3.8) is 0 Å². The molecular weight excluding hydrogens is 403 g/mol. The average molecular weight is 429 g/mol. The first-order valence-corrected chi connectivity index (χ1v) is 9.67. The Labute approximate surface area is 172 Å². The molecule has 3 amide bonds. The van der Waals surface area contributed by atoms with Crippen molar-refractivity contribution in [1.82, 2.24) is 15.5 Å². The Morgan fingerprint density at radius 1 is 1.10 bits per heavy atom. The van der Waals surface area contributed by atoms with Gasteiger partial charge in [-0.05, 0) is 45.7 Å². The van der Waals surface area contributed by atoms with Crippen molar-refractivity contribution >= 4 is 17.9 Å². The summed E-state index contributed by atoms with van der Waals surface area (Å²) in [6.45, 7) is 6.09. The van der Waals surface area contributed by atoms with Crippen LogP contribution in [-0.2, 0) is 9.53 Å². The fraction of sp³-hybridized carbons (Fsp3) is 0.550. The lowest BCUT2D eigenvalue weighted by atomic mass is 10.0. The summed E-state index contributed by atoms with van der Waals surface area (Å²) in [5.41, 5.74) is -1.19. The summed E-state index contributed by atoms with van der Waals surface area (Å²) in [5.74, 6) is -5.57. The van der Waals surface area contributed by atoms with Gasteiger partial charge in [0.1, 0.15) is 5.60 Å². The minimum atomic E-state index is -1.69. The number of carbonyl (C=O) groups excluding carboxylic acids is 3. The topological polar surface area (TPSA) is 87.7 Å². The zero-order chi connectivity index (χ0) is 22.5. The summed E-state index contributed by atoms with van der Waals surface area (Å²) in [7, 11) is 0. The summed E-state index contributed by atoms with van der Waals surface area (Å²) in [4.78, 5) is 37.6. The number of piperidine rings is 1. The maximum atomic E-state index is 13.7. The molecule has 30 heavy (non-hydrogen) atoms. The standard InChI is InChI=1S/C20H26F3N3O4/c1-20(2,3)30-19(29)24-9-6-15(27)26-10-7-12(8-11-26)25-18(28)13-4-5-14(21)17(23)16(13)22/h4-5,12H,6-11H2,1-3H3,(H,24,29)(H,25,28). The Bertz CT molecular complexity index is 803. The van der Waals surface area contributed by atoms with Crippen LogP contribution >= 0.6 is 0 Å². The molecule has 0 aromatic heterocycles. The molecule has 0 atom stereocenters. The highest BCUT2D eigenvalue weighted by atomic mass is 19.2. The maximum absolute atomic E-state index is 13.7. The molecule has 1 fully saturated rings. The van der Waals surface area contributed by atoms with Crippen molar-refractivity contribution in [3.8, 4) is 0 Å². The number of likely N-dealkylation sites (tertiary alicyclic amines) is 1. The van der Waals surface area contributed by atoms with Crippen LogP contribution < -0.4 is 10.6 Å². The van der Waals surface area contributed by atoms with E-state index < -0.39 is 40.6 Å². The van der Waals surface area contributed by atoms with Crippen LogP contribution in [0.2, 0.25) is 0 Å². The molecule has 0 spiro atoms. The summed E-state index contributed by atoms with van der Waals surface area (Å²) in [5, 5.41) is 5.10. The molecule has 166 valence electrons. The molecule has 1 aliphatic rings. The van der Waals surface area contributed by atoms with E-state index in [9.17, 15) is 27.6 Å². The number of hydrogen-bond acceptors (Lipinski definition) is 4. The van der Waals surface area contributed by atoms with Gasteiger partial charge in [0, 0.05) is 32.1 Å². The molecule has 2 rings (SSSR count). The Balaban J connectivity index is 1.75. The monoisotopic (exact) mass is 429 g/mol.